The Bertz CT molecular complexity index is 1090. The lowest BCUT2D eigenvalue weighted by atomic mass is 10.1. The molecule has 1 amide bonds. The molecule has 7 nitrogen and oxygen atoms in total. The zero-order valence-corrected chi connectivity index (χ0v) is 17.7. The van der Waals surface area contributed by atoms with E-state index in [4.69, 9.17) is 25.6 Å². The van der Waals surface area contributed by atoms with Gasteiger partial charge in [-0.2, -0.15) is 0 Å². The zero-order valence-electron chi connectivity index (χ0n) is 16.9. The van der Waals surface area contributed by atoms with Crippen LogP contribution in [0.3, 0.4) is 0 Å². The van der Waals surface area contributed by atoms with Crippen LogP contribution in [0.25, 0.3) is 11.3 Å². The first-order valence-electron chi connectivity index (χ1n) is 10.3. The van der Waals surface area contributed by atoms with Crippen LogP contribution >= 0.6 is 11.6 Å². The number of hydrogen-bond acceptors (Lipinski definition) is 6. The molecule has 3 heterocycles. The van der Waals surface area contributed by atoms with Gasteiger partial charge in [0.1, 0.15) is 13.2 Å². The Labute approximate surface area is 185 Å². The van der Waals surface area contributed by atoms with Crippen LogP contribution in [0.1, 0.15) is 16.1 Å². The maximum absolute atomic E-state index is 12.9. The topological polar surface area (TPSA) is 68.0 Å². The highest BCUT2D eigenvalue weighted by atomic mass is 35.5. The van der Waals surface area contributed by atoms with E-state index >= 15 is 0 Å². The Hall–Kier alpha value is -3.03. The number of piperazine rings is 1. The number of nitrogens with zero attached hydrogens (tertiary/aromatic N) is 3. The van der Waals surface area contributed by atoms with E-state index in [9.17, 15) is 4.79 Å². The summed E-state index contributed by atoms with van der Waals surface area (Å²) in [6, 6.07) is 15.0. The van der Waals surface area contributed by atoms with Gasteiger partial charge < -0.3 is 18.9 Å². The number of rotatable bonds is 4. The average molecular weight is 440 g/mol. The van der Waals surface area contributed by atoms with Crippen molar-refractivity contribution < 1.29 is 18.8 Å². The van der Waals surface area contributed by atoms with Crippen LogP contribution in [-0.4, -0.2) is 60.3 Å². The van der Waals surface area contributed by atoms with Gasteiger partial charge in [-0.3, -0.25) is 9.69 Å². The SMILES string of the molecule is O=C(c1cc(-c2cccc(Cl)c2)on1)N1CCN(Cc2ccc3c(c2)OCCO3)CC1. The van der Waals surface area contributed by atoms with Crippen molar-refractivity contribution in [1.82, 2.24) is 15.0 Å². The molecular formula is C23H22ClN3O4. The van der Waals surface area contributed by atoms with E-state index in [-0.39, 0.29) is 5.91 Å². The van der Waals surface area contributed by atoms with Crippen LogP contribution in [0.2, 0.25) is 5.02 Å². The van der Waals surface area contributed by atoms with Gasteiger partial charge in [-0.15, -0.1) is 0 Å². The number of hydrogen-bond donors (Lipinski definition) is 0. The van der Waals surface area contributed by atoms with Crippen LogP contribution in [0.15, 0.2) is 53.1 Å². The summed E-state index contributed by atoms with van der Waals surface area (Å²) < 4.78 is 16.6. The minimum atomic E-state index is -0.115. The third-order valence-electron chi connectivity index (χ3n) is 5.51. The zero-order chi connectivity index (χ0) is 21.2. The molecule has 2 aliphatic heterocycles. The predicted molar refractivity (Wildman–Crippen MR) is 116 cm³/mol. The minimum absolute atomic E-state index is 0.115. The summed E-state index contributed by atoms with van der Waals surface area (Å²) in [6.07, 6.45) is 0. The molecule has 31 heavy (non-hydrogen) atoms. The van der Waals surface area contributed by atoms with Crippen molar-refractivity contribution in [3.63, 3.8) is 0 Å². The molecule has 0 atom stereocenters. The van der Waals surface area contributed by atoms with E-state index in [1.807, 2.05) is 29.2 Å². The molecule has 2 aliphatic rings. The van der Waals surface area contributed by atoms with Crippen molar-refractivity contribution in [3.05, 3.63) is 64.8 Å². The second-order valence-electron chi connectivity index (χ2n) is 7.63. The Morgan fingerprint density at radius 3 is 2.58 bits per heavy atom. The van der Waals surface area contributed by atoms with Crippen LogP contribution in [0.4, 0.5) is 0 Å². The Kier molecular flexibility index (Phi) is 5.53. The largest absolute Gasteiger partial charge is 0.486 e. The highest BCUT2D eigenvalue weighted by molar-refractivity contribution is 6.30. The molecule has 0 bridgehead atoms. The summed E-state index contributed by atoms with van der Waals surface area (Å²) >= 11 is 6.04. The Morgan fingerprint density at radius 2 is 1.77 bits per heavy atom. The minimum Gasteiger partial charge on any atom is -0.486 e. The maximum atomic E-state index is 12.9. The Morgan fingerprint density at radius 1 is 0.968 bits per heavy atom. The van der Waals surface area contributed by atoms with Gasteiger partial charge >= 0.3 is 0 Å². The van der Waals surface area contributed by atoms with E-state index in [1.54, 1.807) is 18.2 Å². The van der Waals surface area contributed by atoms with Gasteiger partial charge in [0.05, 0.1) is 0 Å². The van der Waals surface area contributed by atoms with Crippen molar-refractivity contribution in [3.8, 4) is 22.8 Å². The summed E-state index contributed by atoms with van der Waals surface area (Å²) in [7, 11) is 0. The lowest BCUT2D eigenvalue weighted by Crippen LogP contribution is -2.48. The molecule has 0 aliphatic carbocycles. The molecule has 0 N–H and O–H groups in total. The van der Waals surface area contributed by atoms with Crippen molar-refractivity contribution in [2.75, 3.05) is 39.4 Å². The summed E-state index contributed by atoms with van der Waals surface area (Å²) in [6.45, 7) is 4.85. The van der Waals surface area contributed by atoms with Crippen LogP contribution in [0, 0.1) is 0 Å². The van der Waals surface area contributed by atoms with E-state index in [0.29, 0.717) is 42.8 Å². The van der Waals surface area contributed by atoms with Crippen LogP contribution in [0.5, 0.6) is 11.5 Å². The third kappa shape index (κ3) is 4.38. The molecule has 3 aromatic rings. The number of amides is 1. The number of carbonyl (C=O) groups excluding carboxylic acids is 1. The number of halogens is 1. The number of aromatic nitrogens is 1. The predicted octanol–water partition coefficient (Wildman–Crippen LogP) is 3.72. The summed E-state index contributed by atoms with van der Waals surface area (Å²) in [5.74, 6) is 2.02. The molecule has 160 valence electrons. The number of fused-ring (bicyclic) bond motifs is 1. The van der Waals surface area contributed by atoms with E-state index in [2.05, 4.69) is 16.1 Å². The van der Waals surface area contributed by atoms with Crippen LogP contribution < -0.4 is 9.47 Å². The fraction of sp³-hybridized carbons (Fsp3) is 0.304. The first-order chi connectivity index (χ1) is 15.2. The molecule has 5 rings (SSSR count). The maximum Gasteiger partial charge on any atom is 0.276 e. The summed E-state index contributed by atoms with van der Waals surface area (Å²) in [5.41, 5.74) is 2.28. The third-order valence-corrected chi connectivity index (χ3v) is 5.75. The second kappa shape index (κ2) is 8.61. The van der Waals surface area contributed by atoms with Gasteiger partial charge in [-0.1, -0.05) is 35.0 Å². The van der Waals surface area contributed by atoms with Crippen LogP contribution in [-0.2, 0) is 6.54 Å². The molecule has 8 heteroatoms. The quantitative estimate of drug-likeness (QED) is 0.617. The molecule has 0 radical (unpaired) electrons. The first-order valence-corrected chi connectivity index (χ1v) is 10.7. The lowest BCUT2D eigenvalue weighted by molar-refractivity contribution is 0.0618. The van der Waals surface area contributed by atoms with Gasteiger partial charge in [-0.25, -0.2) is 0 Å². The highest BCUT2D eigenvalue weighted by Gasteiger charge is 2.25. The molecule has 0 unspecified atom stereocenters. The summed E-state index contributed by atoms with van der Waals surface area (Å²) in [4.78, 5) is 17.0. The van der Waals surface area contributed by atoms with E-state index in [1.165, 1.54) is 5.56 Å². The fourth-order valence-electron chi connectivity index (χ4n) is 3.87. The number of benzene rings is 2. The summed E-state index contributed by atoms with van der Waals surface area (Å²) in [5, 5.41) is 4.58. The smallest absolute Gasteiger partial charge is 0.276 e. The van der Waals surface area contributed by atoms with Gasteiger partial charge in [-0.05, 0) is 29.8 Å². The van der Waals surface area contributed by atoms with Crippen molar-refractivity contribution in [2.45, 2.75) is 6.54 Å². The molecule has 1 fully saturated rings. The van der Waals surface area contributed by atoms with Gasteiger partial charge in [0, 0.05) is 49.4 Å². The van der Waals surface area contributed by atoms with Gasteiger partial charge in [0.15, 0.2) is 23.0 Å². The van der Waals surface area contributed by atoms with Gasteiger partial charge in [0.2, 0.25) is 0 Å². The molecule has 0 spiro atoms. The number of carbonyl (C=O) groups is 1. The van der Waals surface area contributed by atoms with E-state index in [0.717, 1.165) is 36.7 Å². The standard InChI is InChI=1S/C23H22ClN3O4/c24-18-3-1-2-17(13-18)21-14-19(25-31-21)23(28)27-8-6-26(7-9-27)15-16-4-5-20-22(12-16)30-11-10-29-20/h1-5,12-14H,6-11,15H2. The van der Waals surface area contributed by atoms with Crippen molar-refractivity contribution in [2.24, 2.45) is 0 Å². The van der Waals surface area contributed by atoms with Crippen molar-refractivity contribution in [1.29, 1.82) is 0 Å². The second-order valence-corrected chi connectivity index (χ2v) is 8.07. The molecule has 1 aromatic heterocycles. The van der Waals surface area contributed by atoms with Gasteiger partial charge in [0.25, 0.3) is 5.91 Å². The average Bonchev–Trinajstić information content (AvgIpc) is 3.29. The highest BCUT2D eigenvalue weighted by Crippen LogP contribution is 2.31. The Balaban J connectivity index is 1.18. The molecule has 0 saturated carbocycles. The molecule has 1 saturated heterocycles. The number of ether oxygens (including phenoxy) is 2. The fourth-order valence-corrected chi connectivity index (χ4v) is 4.06. The lowest BCUT2D eigenvalue weighted by Gasteiger charge is -2.34. The monoisotopic (exact) mass is 439 g/mol. The molecule has 2 aromatic carbocycles. The first kappa shape index (κ1) is 19.9. The molecular weight excluding hydrogens is 418 g/mol. The van der Waals surface area contributed by atoms with E-state index < -0.39 is 0 Å². The normalized spacial score (nSPS) is 16.4. The van der Waals surface area contributed by atoms with Crippen molar-refractivity contribution >= 4 is 17.5 Å².